The largest absolute Gasteiger partial charge is 0.679 e. The van der Waals surface area contributed by atoms with Crippen molar-refractivity contribution in [2.75, 3.05) is 49.3 Å². The smallest absolute Gasteiger partial charge is 0.374 e. The van der Waals surface area contributed by atoms with E-state index in [9.17, 15) is 0 Å². The third-order valence-electron chi connectivity index (χ3n) is 2.28. The number of hydrogen-bond donors (Lipinski definition) is 0. The molecule has 0 N–H and O–H groups in total. The van der Waals surface area contributed by atoms with Crippen LogP contribution in [0.3, 0.4) is 0 Å². The average molecular weight is 298 g/mol. The summed E-state index contributed by atoms with van der Waals surface area (Å²) < 4.78 is 36.4. The Balaban J connectivity index is 4.40. The SMILES string of the molecule is CO[Si](/C=C/CO[Si](OC)(OC)OC)(OC)OC. The molecule has 18 heavy (non-hydrogen) atoms. The van der Waals surface area contributed by atoms with E-state index in [-0.39, 0.29) is 6.61 Å². The molecular formula is C9H22O7Si2. The summed E-state index contributed by atoms with van der Waals surface area (Å²) in [6, 6.07) is 0. The molecule has 0 aliphatic carbocycles. The zero-order valence-electron chi connectivity index (χ0n) is 11.7. The van der Waals surface area contributed by atoms with Gasteiger partial charge in [0.15, 0.2) is 0 Å². The van der Waals surface area contributed by atoms with Gasteiger partial charge in [-0.2, -0.15) is 0 Å². The van der Waals surface area contributed by atoms with Crippen molar-refractivity contribution >= 4 is 17.9 Å². The fraction of sp³-hybridized carbons (Fsp3) is 0.778. The molecule has 0 atom stereocenters. The molecule has 0 heterocycles. The van der Waals surface area contributed by atoms with Crippen molar-refractivity contribution in [3.8, 4) is 0 Å². The van der Waals surface area contributed by atoms with Crippen LogP contribution in [0.1, 0.15) is 0 Å². The minimum atomic E-state index is -3.00. The van der Waals surface area contributed by atoms with Gasteiger partial charge in [0.25, 0.3) is 0 Å². The molecule has 0 bridgehead atoms. The minimum absolute atomic E-state index is 0.243. The topological polar surface area (TPSA) is 64.6 Å². The van der Waals surface area contributed by atoms with Gasteiger partial charge in [0.2, 0.25) is 0 Å². The Morgan fingerprint density at radius 1 is 0.722 bits per heavy atom. The van der Waals surface area contributed by atoms with Crippen molar-refractivity contribution in [3.05, 3.63) is 11.8 Å². The van der Waals surface area contributed by atoms with Gasteiger partial charge >= 0.3 is 17.9 Å². The highest BCUT2D eigenvalue weighted by Gasteiger charge is 2.42. The zero-order valence-corrected chi connectivity index (χ0v) is 13.7. The molecule has 0 aromatic rings. The highest BCUT2D eigenvalue weighted by molar-refractivity contribution is 6.66. The van der Waals surface area contributed by atoms with Crippen LogP contribution in [-0.4, -0.2) is 67.1 Å². The van der Waals surface area contributed by atoms with E-state index in [2.05, 4.69) is 0 Å². The van der Waals surface area contributed by atoms with E-state index in [0.717, 1.165) is 0 Å². The molecule has 9 heteroatoms. The average Bonchev–Trinajstić information content (AvgIpc) is 2.45. The molecule has 0 rings (SSSR count). The predicted molar refractivity (Wildman–Crippen MR) is 68.7 cm³/mol. The molecule has 0 saturated heterocycles. The Labute approximate surface area is 110 Å². The van der Waals surface area contributed by atoms with Crippen LogP contribution in [0.2, 0.25) is 0 Å². The van der Waals surface area contributed by atoms with Crippen LogP contribution in [-0.2, 0) is 31.0 Å². The fourth-order valence-corrected chi connectivity index (χ4v) is 3.67. The van der Waals surface area contributed by atoms with Crippen molar-refractivity contribution < 1.29 is 31.0 Å². The van der Waals surface area contributed by atoms with Crippen LogP contribution < -0.4 is 0 Å². The van der Waals surface area contributed by atoms with Crippen molar-refractivity contribution in [2.45, 2.75) is 0 Å². The van der Waals surface area contributed by atoms with Gasteiger partial charge in [-0.25, -0.2) is 0 Å². The Bertz CT molecular complexity index is 225. The van der Waals surface area contributed by atoms with Gasteiger partial charge in [-0.1, -0.05) is 6.08 Å². The van der Waals surface area contributed by atoms with Gasteiger partial charge < -0.3 is 31.0 Å². The summed E-state index contributed by atoms with van der Waals surface area (Å²) in [6.45, 7) is 0.243. The van der Waals surface area contributed by atoms with Crippen LogP contribution in [0, 0.1) is 0 Å². The van der Waals surface area contributed by atoms with Crippen LogP contribution in [0.15, 0.2) is 11.8 Å². The summed E-state index contributed by atoms with van der Waals surface area (Å²) in [5, 5.41) is 0. The van der Waals surface area contributed by atoms with Crippen LogP contribution >= 0.6 is 0 Å². The number of hydrogen-bond acceptors (Lipinski definition) is 7. The van der Waals surface area contributed by atoms with E-state index in [1.54, 1.807) is 11.8 Å². The van der Waals surface area contributed by atoms with Crippen LogP contribution in [0.25, 0.3) is 0 Å². The van der Waals surface area contributed by atoms with Crippen LogP contribution in [0.4, 0.5) is 0 Å². The van der Waals surface area contributed by atoms with Crippen molar-refractivity contribution in [1.82, 2.24) is 0 Å². The standard InChI is InChI=1S/C9H22O7Si2/c1-10-17(11-2,12-3)9-7-8-16-18(13-4,14-5)15-6/h7,9H,8H2,1-6H3/b9-7+. The Morgan fingerprint density at radius 3 is 1.50 bits per heavy atom. The molecule has 0 spiro atoms. The molecule has 108 valence electrons. The monoisotopic (exact) mass is 298 g/mol. The van der Waals surface area contributed by atoms with E-state index in [1.807, 2.05) is 0 Å². The Kier molecular flexibility index (Phi) is 8.85. The fourth-order valence-electron chi connectivity index (χ4n) is 1.22. The molecule has 7 nitrogen and oxygen atoms in total. The van der Waals surface area contributed by atoms with E-state index in [4.69, 9.17) is 31.0 Å². The molecule has 0 saturated carbocycles. The lowest BCUT2D eigenvalue weighted by Crippen LogP contribution is -2.46. The second-order valence-electron chi connectivity index (χ2n) is 3.04. The first-order valence-corrected chi connectivity index (χ1v) is 8.63. The normalized spacial score (nSPS) is 13.4. The summed E-state index contributed by atoms with van der Waals surface area (Å²) in [6.07, 6.45) is 1.72. The lowest BCUT2D eigenvalue weighted by molar-refractivity contribution is 0.0132. The molecule has 0 aromatic heterocycles. The first kappa shape index (κ1) is 17.9. The van der Waals surface area contributed by atoms with E-state index >= 15 is 0 Å². The van der Waals surface area contributed by atoms with Crippen molar-refractivity contribution in [2.24, 2.45) is 0 Å². The van der Waals surface area contributed by atoms with Gasteiger partial charge in [0.1, 0.15) is 0 Å². The van der Waals surface area contributed by atoms with Gasteiger partial charge in [-0.05, 0) is 5.70 Å². The zero-order chi connectivity index (χ0) is 14.1. The summed E-state index contributed by atoms with van der Waals surface area (Å²) >= 11 is 0. The van der Waals surface area contributed by atoms with E-state index < -0.39 is 17.9 Å². The highest BCUT2D eigenvalue weighted by Crippen LogP contribution is 2.10. The highest BCUT2D eigenvalue weighted by atomic mass is 28.4. The molecule has 0 aliphatic heterocycles. The molecule has 0 aliphatic rings. The maximum Gasteiger partial charge on any atom is 0.679 e. The molecule has 0 unspecified atom stereocenters. The second kappa shape index (κ2) is 8.90. The quantitative estimate of drug-likeness (QED) is 0.539. The predicted octanol–water partition coefficient (Wildman–Crippen LogP) is 0.351. The molecule has 0 radical (unpaired) electrons. The summed E-state index contributed by atoms with van der Waals surface area (Å²) in [7, 11) is 3.30. The number of rotatable bonds is 10. The molecule has 0 fully saturated rings. The van der Waals surface area contributed by atoms with E-state index in [1.165, 1.54) is 42.7 Å². The maximum atomic E-state index is 5.45. The first-order chi connectivity index (χ1) is 8.57. The summed E-state index contributed by atoms with van der Waals surface area (Å²) in [5.41, 5.74) is 1.72. The first-order valence-electron chi connectivity index (χ1n) is 5.20. The molecule has 0 aromatic carbocycles. The minimum Gasteiger partial charge on any atom is -0.374 e. The lowest BCUT2D eigenvalue weighted by atomic mass is 10.7. The second-order valence-corrected chi connectivity index (χ2v) is 8.32. The van der Waals surface area contributed by atoms with Gasteiger partial charge in [-0.3, -0.25) is 0 Å². The third-order valence-corrected chi connectivity index (χ3v) is 6.65. The van der Waals surface area contributed by atoms with Gasteiger partial charge in [0, 0.05) is 42.7 Å². The lowest BCUT2D eigenvalue weighted by Gasteiger charge is -2.23. The summed E-state index contributed by atoms with van der Waals surface area (Å²) in [5.74, 6) is 0. The Morgan fingerprint density at radius 2 is 1.17 bits per heavy atom. The maximum absolute atomic E-state index is 5.45. The summed E-state index contributed by atoms with van der Waals surface area (Å²) in [4.78, 5) is 0. The molecule has 0 amide bonds. The van der Waals surface area contributed by atoms with Crippen molar-refractivity contribution in [3.63, 3.8) is 0 Å². The third kappa shape index (κ3) is 4.87. The Hall–Kier alpha value is -0.106. The molecular weight excluding hydrogens is 276 g/mol. The van der Waals surface area contributed by atoms with Gasteiger partial charge in [-0.15, -0.1) is 0 Å². The van der Waals surface area contributed by atoms with E-state index in [0.29, 0.717) is 0 Å². The van der Waals surface area contributed by atoms with Crippen molar-refractivity contribution in [1.29, 1.82) is 0 Å². The van der Waals surface area contributed by atoms with Gasteiger partial charge in [0.05, 0.1) is 6.61 Å². The van der Waals surface area contributed by atoms with Crippen LogP contribution in [0.5, 0.6) is 0 Å².